The van der Waals surface area contributed by atoms with Crippen LogP contribution in [0.2, 0.25) is 0 Å². The van der Waals surface area contributed by atoms with E-state index in [2.05, 4.69) is 0 Å². The maximum atomic E-state index is 12.4. The Morgan fingerprint density at radius 3 is 2.21 bits per heavy atom. The van der Waals surface area contributed by atoms with Crippen LogP contribution in [0.4, 0.5) is 4.79 Å². The SMILES string of the molecule is CC(C)(C)OC(=O)N1[C@@H]2CC[C@H]1CC(Oc1ccc(C=O)cc1)C2. The van der Waals surface area contributed by atoms with Gasteiger partial charge in [-0.3, -0.25) is 4.79 Å². The highest BCUT2D eigenvalue weighted by Gasteiger charge is 2.45. The molecule has 0 spiro atoms. The number of carbonyl (C=O) groups is 2. The maximum Gasteiger partial charge on any atom is 0.410 e. The molecule has 1 aromatic carbocycles. The minimum absolute atomic E-state index is 0.100. The molecule has 2 heterocycles. The lowest BCUT2D eigenvalue weighted by Crippen LogP contribution is -2.50. The van der Waals surface area contributed by atoms with Gasteiger partial charge in [0.05, 0.1) is 0 Å². The molecule has 5 heteroatoms. The number of fused-ring (bicyclic) bond motifs is 2. The van der Waals surface area contributed by atoms with E-state index in [9.17, 15) is 9.59 Å². The molecule has 2 bridgehead atoms. The molecule has 0 N–H and O–H groups in total. The van der Waals surface area contributed by atoms with Crippen LogP contribution in [0.1, 0.15) is 56.8 Å². The molecule has 0 aromatic heterocycles. The lowest BCUT2D eigenvalue weighted by molar-refractivity contribution is -0.00707. The van der Waals surface area contributed by atoms with Crippen molar-refractivity contribution in [1.29, 1.82) is 0 Å². The van der Waals surface area contributed by atoms with Crippen LogP contribution in [0.15, 0.2) is 24.3 Å². The normalized spacial score (nSPS) is 26.1. The van der Waals surface area contributed by atoms with Crippen molar-refractivity contribution in [1.82, 2.24) is 4.90 Å². The molecule has 2 fully saturated rings. The summed E-state index contributed by atoms with van der Waals surface area (Å²) in [7, 11) is 0. The van der Waals surface area contributed by atoms with Crippen molar-refractivity contribution in [3.63, 3.8) is 0 Å². The van der Waals surface area contributed by atoms with Crippen LogP contribution < -0.4 is 4.74 Å². The number of ether oxygens (including phenoxy) is 2. The van der Waals surface area contributed by atoms with Crippen molar-refractivity contribution >= 4 is 12.4 Å². The van der Waals surface area contributed by atoms with Crippen LogP contribution in [-0.4, -0.2) is 41.1 Å². The first kappa shape index (κ1) is 16.8. The predicted molar refractivity (Wildman–Crippen MR) is 90.4 cm³/mol. The molecule has 1 aromatic rings. The number of amides is 1. The second-order valence-corrected chi connectivity index (χ2v) is 7.67. The average molecular weight is 331 g/mol. The minimum Gasteiger partial charge on any atom is -0.490 e. The monoisotopic (exact) mass is 331 g/mol. The number of nitrogens with zero attached hydrogens (tertiary/aromatic N) is 1. The van der Waals surface area contributed by atoms with E-state index in [4.69, 9.17) is 9.47 Å². The average Bonchev–Trinajstić information content (AvgIpc) is 2.78. The first-order valence-electron chi connectivity index (χ1n) is 8.59. The Labute approximate surface area is 142 Å². The summed E-state index contributed by atoms with van der Waals surface area (Å²) in [5, 5.41) is 0. The molecule has 3 rings (SSSR count). The molecule has 130 valence electrons. The second kappa shape index (κ2) is 6.46. The highest BCUT2D eigenvalue weighted by atomic mass is 16.6. The summed E-state index contributed by atoms with van der Waals surface area (Å²) in [6.45, 7) is 5.68. The van der Waals surface area contributed by atoms with Gasteiger partial charge < -0.3 is 14.4 Å². The quantitative estimate of drug-likeness (QED) is 0.790. The van der Waals surface area contributed by atoms with Crippen LogP contribution in [0, 0.1) is 0 Å². The molecule has 3 atom stereocenters. The molecule has 2 aliphatic heterocycles. The number of hydrogen-bond acceptors (Lipinski definition) is 4. The molecule has 2 aliphatic rings. The van der Waals surface area contributed by atoms with Crippen LogP contribution in [0.25, 0.3) is 0 Å². The van der Waals surface area contributed by atoms with Gasteiger partial charge in [-0.15, -0.1) is 0 Å². The molecule has 0 aliphatic carbocycles. The van der Waals surface area contributed by atoms with Crippen LogP contribution in [0.5, 0.6) is 5.75 Å². The van der Waals surface area contributed by atoms with Gasteiger partial charge in [0.15, 0.2) is 0 Å². The summed E-state index contributed by atoms with van der Waals surface area (Å²) >= 11 is 0. The van der Waals surface area contributed by atoms with Gasteiger partial charge in [0.2, 0.25) is 0 Å². The third kappa shape index (κ3) is 3.71. The Balaban J connectivity index is 1.62. The summed E-state index contributed by atoms with van der Waals surface area (Å²) < 4.78 is 11.6. The zero-order chi connectivity index (χ0) is 17.3. The van der Waals surface area contributed by atoms with Crippen LogP contribution >= 0.6 is 0 Å². The molecule has 1 amide bonds. The van der Waals surface area contributed by atoms with E-state index >= 15 is 0 Å². The fourth-order valence-electron chi connectivity index (χ4n) is 3.65. The Morgan fingerprint density at radius 1 is 1.12 bits per heavy atom. The van der Waals surface area contributed by atoms with Crippen LogP contribution in [0.3, 0.4) is 0 Å². The topological polar surface area (TPSA) is 55.8 Å². The lowest BCUT2D eigenvalue weighted by atomic mass is 10.00. The Hall–Kier alpha value is -2.04. The Bertz CT molecular complexity index is 591. The zero-order valence-corrected chi connectivity index (χ0v) is 14.5. The lowest BCUT2D eigenvalue weighted by Gasteiger charge is -2.39. The van der Waals surface area contributed by atoms with Crippen molar-refractivity contribution in [2.75, 3.05) is 0 Å². The van der Waals surface area contributed by atoms with Gasteiger partial charge in [-0.1, -0.05) is 0 Å². The van der Waals surface area contributed by atoms with Crippen molar-refractivity contribution < 1.29 is 19.1 Å². The fraction of sp³-hybridized carbons (Fsp3) is 0.579. The van der Waals surface area contributed by atoms with Gasteiger partial charge in [0.1, 0.15) is 23.7 Å². The molecular formula is C19H25NO4. The number of hydrogen-bond donors (Lipinski definition) is 0. The molecule has 24 heavy (non-hydrogen) atoms. The molecule has 1 unspecified atom stereocenters. The largest absolute Gasteiger partial charge is 0.490 e. The van der Waals surface area contributed by atoms with E-state index < -0.39 is 5.60 Å². The van der Waals surface area contributed by atoms with Crippen molar-refractivity contribution in [2.24, 2.45) is 0 Å². The first-order valence-corrected chi connectivity index (χ1v) is 8.59. The van der Waals surface area contributed by atoms with Gasteiger partial charge in [-0.25, -0.2) is 4.79 Å². The number of carbonyl (C=O) groups excluding carboxylic acids is 2. The number of aldehydes is 1. The minimum atomic E-state index is -0.468. The van der Waals surface area contributed by atoms with E-state index in [0.717, 1.165) is 37.7 Å². The van der Waals surface area contributed by atoms with Crippen molar-refractivity contribution in [3.8, 4) is 5.75 Å². The first-order chi connectivity index (χ1) is 11.4. The third-order valence-electron chi connectivity index (χ3n) is 4.61. The second-order valence-electron chi connectivity index (χ2n) is 7.67. The van der Waals surface area contributed by atoms with E-state index in [1.165, 1.54) is 0 Å². The summed E-state index contributed by atoms with van der Waals surface area (Å²) in [4.78, 5) is 25.1. The summed E-state index contributed by atoms with van der Waals surface area (Å²) in [6.07, 6.45) is 4.38. The van der Waals surface area contributed by atoms with Gasteiger partial charge >= 0.3 is 6.09 Å². The van der Waals surface area contributed by atoms with Gasteiger partial charge in [-0.05, 0) is 57.9 Å². The number of piperidine rings is 1. The van der Waals surface area contributed by atoms with E-state index in [0.29, 0.717) is 5.56 Å². The Morgan fingerprint density at radius 2 is 1.71 bits per heavy atom. The van der Waals surface area contributed by atoms with E-state index in [-0.39, 0.29) is 24.3 Å². The zero-order valence-electron chi connectivity index (χ0n) is 14.5. The smallest absolute Gasteiger partial charge is 0.410 e. The predicted octanol–water partition coefficient (Wildman–Crippen LogP) is 3.81. The standard InChI is InChI=1S/C19H25NO4/c1-19(2,3)24-18(22)20-14-6-7-15(20)11-17(10-14)23-16-8-4-13(12-21)5-9-16/h4-5,8-9,12,14-15,17H,6-7,10-11H2,1-3H3/t14-,15+,17?. The highest BCUT2D eigenvalue weighted by Crippen LogP contribution is 2.38. The summed E-state index contributed by atoms with van der Waals surface area (Å²) in [5.74, 6) is 0.774. The van der Waals surface area contributed by atoms with Gasteiger partial charge in [-0.2, -0.15) is 0 Å². The summed E-state index contributed by atoms with van der Waals surface area (Å²) in [5.41, 5.74) is 0.173. The molecule has 2 saturated heterocycles. The highest BCUT2D eigenvalue weighted by molar-refractivity contribution is 5.74. The molecule has 5 nitrogen and oxygen atoms in total. The maximum absolute atomic E-state index is 12.4. The van der Waals surface area contributed by atoms with Gasteiger partial charge in [0.25, 0.3) is 0 Å². The third-order valence-corrected chi connectivity index (χ3v) is 4.61. The van der Waals surface area contributed by atoms with E-state index in [1.807, 2.05) is 37.8 Å². The van der Waals surface area contributed by atoms with Crippen molar-refractivity contribution in [3.05, 3.63) is 29.8 Å². The summed E-state index contributed by atoms with van der Waals surface area (Å²) in [6, 6.07) is 7.55. The van der Waals surface area contributed by atoms with E-state index in [1.54, 1.807) is 12.1 Å². The van der Waals surface area contributed by atoms with Crippen molar-refractivity contribution in [2.45, 2.75) is 70.2 Å². The number of rotatable bonds is 3. The number of benzene rings is 1. The molecule has 0 saturated carbocycles. The fourth-order valence-corrected chi connectivity index (χ4v) is 3.65. The van der Waals surface area contributed by atoms with Crippen LogP contribution in [-0.2, 0) is 4.74 Å². The van der Waals surface area contributed by atoms with Gasteiger partial charge in [0, 0.05) is 30.5 Å². The molecule has 0 radical (unpaired) electrons. The molecular weight excluding hydrogens is 306 g/mol. The Kier molecular flexibility index (Phi) is 4.52.